The molecule has 1 unspecified atom stereocenters. The fourth-order valence-electron chi connectivity index (χ4n) is 3.97. The van der Waals surface area contributed by atoms with Crippen molar-refractivity contribution in [1.29, 1.82) is 0 Å². The fourth-order valence-corrected chi connectivity index (χ4v) is 4.98. The molecule has 5 rings (SSSR count). The van der Waals surface area contributed by atoms with Crippen molar-refractivity contribution in [3.05, 3.63) is 83.9 Å². The molecule has 0 saturated carbocycles. The number of esters is 1. The zero-order valence-corrected chi connectivity index (χ0v) is 19.9. The van der Waals surface area contributed by atoms with Crippen LogP contribution >= 0.6 is 11.3 Å². The van der Waals surface area contributed by atoms with Crippen LogP contribution in [0.15, 0.2) is 72.8 Å². The number of hydrogen-bond donors (Lipinski definition) is 1. The highest BCUT2D eigenvalue weighted by Gasteiger charge is 2.32. The summed E-state index contributed by atoms with van der Waals surface area (Å²) in [7, 11) is 3.24. The third kappa shape index (κ3) is 4.61. The maximum Gasteiger partial charge on any atom is 0.339 e. The van der Waals surface area contributed by atoms with Crippen molar-refractivity contribution in [2.75, 3.05) is 19.5 Å². The van der Waals surface area contributed by atoms with Crippen molar-refractivity contribution in [3.8, 4) is 33.2 Å². The molecular weight excluding hydrogens is 464 g/mol. The highest BCUT2D eigenvalue weighted by Crippen LogP contribution is 2.40. The van der Waals surface area contributed by atoms with Gasteiger partial charge >= 0.3 is 5.97 Å². The lowest BCUT2D eigenvalue weighted by molar-refractivity contribution is -0.118. The molecule has 0 aliphatic carbocycles. The second-order valence-corrected chi connectivity index (χ2v) is 8.89. The van der Waals surface area contributed by atoms with E-state index in [2.05, 4.69) is 5.32 Å². The van der Waals surface area contributed by atoms with Gasteiger partial charge in [-0.3, -0.25) is 4.79 Å². The van der Waals surface area contributed by atoms with Crippen molar-refractivity contribution >= 4 is 28.3 Å². The van der Waals surface area contributed by atoms with Crippen molar-refractivity contribution in [1.82, 2.24) is 4.98 Å². The minimum Gasteiger partial charge on any atom is -0.497 e. The summed E-state index contributed by atoms with van der Waals surface area (Å²) in [6.45, 7) is 0. The van der Waals surface area contributed by atoms with E-state index in [4.69, 9.17) is 19.2 Å². The van der Waals surface area contributed by atoms with Crippen LogP contribution in [0.3, 0.4) is 0 Å². The van der Waals surface area contributed by atoms with Gasteiger partial charge in [0.05, 0.1) is 36.8 Å². The Hall–Kier alpha value is -4.17. The number of nitrogens with one attached hydrogen (secondary N) is 1. The Bertz CT molecular complexity index is 1310. The number of carbonyl (C=O) groups excluding carboxylic acids is 2. The van der Waals surface area contributed by atoms with E-state index in [1.807, 2.05) is 60.7 Å². The topological polar surface area (TPSA) is 86.8 Å². The molecule has 176 valence electrons. The number of nitrogens with zero attached hydrogens (tertiary/aromatic N) is 1. The molecule has 0 radical (unpaired) electrons. The lowest BCUT2D eigenvalue weighted by Crippen LogP contribution is -2.15. The molecule has 1 aliphatic rings. The third-order valence-electron chi connectivity index (χ3n) is 5.74. The van der Waals surface area contributed by atoms with Crippen molar-refractivity contribution in [2.45, 2.75) is 12.5 Å². The summed E-state index contributed by atoms with van der Waals surface area (Å²) in [4.78, 5) is 30.6. The van der Waals surface area contributed by atoms with Crippen LogP contribution in [-0.2, 0) is 9.53 Å². The lowest BCUT2D eigenvalue weighted by Gasteiger charge is -2.09. The number of thiazole rings is 1. The number of fused-ring (bicyclic) bond motifs is 1. The number of benzene rings is 3. The molecule has 3 aromatic carbocycles. The molecule has 0 spiro atoms. The SMILES string of the molecule is COc1ccc(-c2nc(NC(=O)CC3OC(=O)c4ccccc43)sc2-c2ccc(OC)cc2)cc1. The van der Waals surface area contributed by atoms with Crippen molar-refractivity contribution in [3.63, 3.8) is 0 Å². The molecule has 7 nitrogen and oxygen atoms in total. The molecule has 1 atom stereocenters. The summed E-state index contributed by atoms with van der Waals surface area (Å²) in [6.07, 6.45) is -0.598. The van der Waals surface area contributed by atoms with Crippen LogP contribution in [0, 0.1) is 0 Å². The Labute approximate surface area is 206 Å². The Balaban J connectivity index is 1.42. The largest absolute Gasteiger partial charge is 0.497 e. The van der Waals surface area contributed by atoms with Crippen LogP contribution in [0.25, 0.3) is 21.7 Å². The Morgan fingerprint density at radius 3 is 2.23 bits per heavy atom. The number of amides is 1. The summed E-state index contributed by atoms with van der Waals surface area (Å²) in [5, 5.41) is 3.35. The lowest BCUT2D eigenvalue weighted by atomic mass is 10.0. The highest BCUT2D eigenvalue weighted by atomic mass is 32.1. The second-order valence-electron chi connectivity index (χ2n) is 7.89. The van der Waals surface area contributed by atoms with Gasteiger partial charge in [0, 0.05) is 11.1 Å². The molecule has 1 aromatic heterocycles. The molecular formula is C27H22N2O5S. The normalized spacial score (nSPS) is 14.2. The zero-order chi connectivity index (χ0) is 24.4. The fraction of sp³-hybridized carbons (Fsp3) is 0.148. The first-order chi connectivity index (χ1) is 17.1. The van der Waals surface area contributed by atoms with Gasteiger partial charge in [-0.2, -0.15) is 0 Å². The van der Waals surface area contributed by atoms with Crippen LogP contribution in [0.2, 0.25) is 0 Å². The van der Waals surface area contributed by atoms with E-state index in [0.29, 0.717) is 10.7 Å². The molecule has 35 heavy (non-hydrogen) atoms. The average Bonchev–Trinajstić information content (AvgIpc) is 3.45. The van der Waals surface area contributed by atoms with E-state index in [1.54, 1.807) is 26.4 Å². The van der Waals surface area contributed by atoms with E-state index in [9.17, 15) is 9.59 Å². The molecule has 0 fully saturated rings. The minimum atomic E-state index is -0.610. The number of carbonyl (C=O) groups is 2. The molecule has 4 aromatic rings. The van der Waals surface area contributed by atoms with E-state index in [0.717, 1.165) is 38.8 Å². The van der Waals surface area contributed by atoms with Gasteiger partial charge in [-0.05, 0) is 60.2 Å². The van der Waals surface area contributed by atoms with E-state index >= 15 is 0 Å². The molecule has 2 heterocycles. The van der Waals surface area contributed by atoms with Crippen LogP contribution in [-0.4, -0.2) is 31.1 Å². The summed E-state index contributed by atoms with van der Waals surface area (Å²) in [6, 6.07) is 22.4. The predicted octanol–water partition coefficient (Wildman–Crippen LogP) is 5.73. The molecule has 1 aliphatic heterocycles. The number of aromatic nitrogens is 1. The van der Waals surface area contributed by atoms with Crippen LogP contribution in [0.5, 0.6) is 11.5 Å². The molecule has 0 bridgehead atoms. The summed E-state index contributed by atoms with van der Waals surface area (Å²) in [5.41, 5.74) is 3.82. The zero-order valence-electron chi connectivity index (χ0n) is 19.1. The van der Waals surface area contributed by atoms with Crippen LogP contribution in [0.4, 0.5) is 5.13 Å². The Morgan fingerprint density at radius 2 is 1.57 bits per heavy atom. The highest BCUT2D eigenvalue weighted by molar-refractivity contribution is 7.19. The first-order valence-electron chi connectivity index (χ1n) is 10.9. The van der Waals surface area contributed by atoms with Crippen molar-refractivity contribution in [2.24, 2.45) is 0 Å². The summed E-state index contributed by atoms with van der Waals surface area (Å²) in [5.74, 6) is 0.811. The first kappa shape index (κ1) is 22.6. The van der Waals surface area contributed by atoms with Crippen molar-refractivity contribution < 1.29 is 23.8 Å². The third-order valence-corrected chi connectivity index (χ3v) is 6.76. The quantitative estimate of drug-likeness (QED) is 0.336. The number of methoxy groups -OCH3 is 2. The summed E-state index contributed by atoms with van der Waals surface area (Å²) >= 11 is 1.38. The maximum atomic E-state index is 12.9. The number of ether oxygens (including phenoxy) is 3. The minimum absolute atomic E-state index is 0.0120. The van der Waals surface area contributed by atoms with Gasteiger partial charge in [0.25, 0.3) is 0 Å². The standard InChI is InChI=1S/C27H22N2O5S/c1-32-18-11-7-16(8-12-18)24-25(17-9-13-19(33-2)14-10-17)35-27(29-24)28-23(30)15-22-20-5-3-4-6-21(20)26(31)34-22/h3-14,22H,15H2,1-2H3,(H,28,29,30). The molecule has 8 heteroatoms. The number of cyclic esters (lactones) is 1. The summed E-state index contributed by atoms with van der Waals surface area (Å²) < 4.78 is 16.0. The Morgan fingerprint density at radius 1 is 0.943 bits per heavy atom. The average molecular weight is 487 g/mol. The second kappa shape index (κ2) is 9.60. The number of hydrogen-bond acceptors (Lipinski definition) is 7. The van der Waals surface area contributed by atoms with Gasteiger partial charge < -0.3 is 19.5 Å². The van der Waals surface area contributed by atoms with E-state index < -0.39 is 12.1 Å². The van der Waals surface area contributed by atoms with Gasteiger partial charge in [0.15, 0.2) is 5.13 Å². The van der Waals surface area contributed by atoms with Gasteiger partial charge in [-0.15, -0.1) is 0 Å². The van der Waals surface area contributed by atoms with Crippen LogP contribution in [0.1, 0.15) is 28.4 Å². The predicted molar refractivity (Wildman–Crippen MR) is 134 cm³/mol. The molecule has 1 N–H and O–H groups in total. The Kier molecular flexibility index (Phi) is 6.20. The maximum absolute atomic E-state index is 12.9. The first-order valence-corrected chi connectivity index (χ1v) is 11.8. The molecule has 1 amide bonds. The van der Waals surface area contributed by atoms with Crippen LogP contribution < -0.4 is 14.8 Å². The van der Waals surface area contributed by atoms with E-state index in [-0.39, 0.29) is 12.3 Å². The molecule has 0 saturated heterocycles. The monoisotopic (exact) mass is 486 g/mol. The van der Waals surface area contributed by atoms with Gasteiger partial charge in [-0.1, -0.05) is 29.5 Å². The number of rotatable bonds is 7. The number of anilines is 1. The van der Waals surface area contributed by atoms with E-state index in [1.165, 1.54) is 11.3 Å². The van der Waals surface area contributed by atoms with Gasteiger partial charge in [0.1, 0.15) is 17.6 Å². The van der Waals surface area contributed by atoms with Gasteiger partial charge in [0.2, 0.25) is 5.91 Å². The smallest absolute Gasteiger partial charge is 0.339 e. The van der Waals surface area contributed by atoms with Gasteiger partial charge in [-0.25, -0.2) is 9.78 Å².